The highest BCUT2D eigenvalue weighted by Crippen LogP contribution is 2.44. The predicted octanol–water partition coefficient (Wildman–Crippen LogP) is 3.40. The summed E-state index contributed by atoms with van der Waals surface area (Å²) in [5, 5.41) is 0. The Bertz CT molecular complexity index is 426. The van der Waals surface area contributed by atoms with E-state index in [9.17, 15) is 0 Å². The zero-order valence-corrected chi connectivity index (χ0v) is 12.8. The van der Waals surface area contributed by atoms with Crippen LogP contribution in [0.4, 0.5) is 0 Å². The molecule has 1 heterocycles. The van der Waals surface area contributed by atoms with E-state index in [0.29, 0.717) is 0 Å². The van der Waals surface area contributed by atoms with Crippen LogP contribution in [0.2, 0.25) is 0 Å². The van der Waals surface area contributed by atoms with E-state index < -0.39 is 0 Å². The molecule has 0 amide bonds. The Morgan fingerprint density at radius 2 is 2.10 bits per heavy atom. The molecule has 0 bridgehead atoms. The zero-order valence-electron chi connectivity index (χ0n) is 12.8. The average molecular weight is 276 g/mol. The number of furan rings is 1. The smallest absolute Gasteiger partial charge is 0.117 e. The lowest BCUT2D eigenvalue weighted by molar-refractivity contribution is 0.00444. The minimum atomic E-state index is 0.194. The van der Waals surface area contributed by atoms with Gasteiger partial charge in [-0.15, -0.1) is 0 Å². The Balaban J connectivity index is 1.80. The lowest BCUT2D eigenvalue weighted by Gasteiger charge is -2.49. The van der Waals surface area contributed by atoms with Crippen molar-refractivity contribution in [3.63, 3.8) is 0 Å². The predicted molar refractivity (Wildman–Crippen MR) is 81.2 cm³/mol. The maximum atomic E-state index is 6.27. The van der Waals surface area contributed by atoms with E-state index in [1.807, 2.05) is 6.07 Å². The van der Waals surface area contributed by atoms with Gasteiger partial charge in [0, 0.05) is 18.1 Å². The first-order valence-electron chi connectivity index (χ1n) is 8.14. The van der Waals surface area contributed by atoms with Crippen LogP contribution in [-0.4, -0.2) is 23.0 Å². The van der Waals surface area contributed by atoms with Crippen LogP contribution in [0.5, 0.6) is 0 Å². The van der Waals surface area contributed by atoms with Gasteiger partial charge < -0.3 is 10.2 Å². The summed E-state index contributed by atoms with van der Waals surface area (Å²) in [6.07, 6.45) is 8.22. The lowest BCUT2D eigenvalue weighted by Crippen LogP contribution is -2.57. The maximum Gasteiger partial charge on any atom is 0.117 e. The van der Waals surface area contributed by atoms with Gasteiger partial charge in [-0.2, -0.15) is 0 Å². The third-order valence-corrected chi connectivity index (χ3v) is 5.62. The van der Waals surface area contributed by atoms with Crippen molar-refractivity contribution in [1.82, 2.24) is 4.90 Å². The molecule has 2 saturated carbocycles. The molecule has 0 saturated heterocycles. The van der Waals surface area contributed by atoms with Gasteiger partial charge in [0.05, 0.1) is 12.8 Å². The lowest BCUT2D eigenvalue weighted by atomic mass is 9.70. The summed E-state index contributed by atoms with van der Waals surface area (Å²) in [5.74, 6) is 2.68. The first-order valence-corrected chi connectivity index (χ1v) is 8.14. The molecule has 0 aliphatic heterocycles. The van der Waals surface area contributed by atoms with Gasteiger partial charge in [0.25, 0.3) is 0 Å². The first kappa shape index (κ1) is 14.2. The second kappa shape index (κ2) is 5.53. The molecule has 3 nitrogen and oxygen atoms in total. The number of rotatable bonds is 5. The Kier molecular flexibility index (Phi) is 3.91. The van der Waals surface area contributed by atoms with Crippen molar-refractivity contribution in [2.24, 2.45) is 17.6 Å². The Morgan fingerprint density at radius 3 is 2.65 bits per heavy atom. The molecule has 3 unspecified atom stereocenters. The molecule has 3 atom stereocenters. The number of nitrogens with zero attached hydrogens (tertiary/aromatic N) is 1. The van der Waals surface area contributed by atoms with E-state index >= 15 is 0 Å². The Labute approximate surface area is 122 Å². The molecule has 20 heavy (non-hydrogen) atoms. The Hall–Kier alpha value is -0.800. The van der Waals surface area contributed by atoms with Gasteiger partial charge >= 0.3 is 0 Å². The van der Waals surface area contributed by atoms with Gasteiger partial charge in [0.1, 0.15) is 5.76 Å². The van der Waals surface area contributed by atoms with Crippen LogP contribution in [0.15, 0.2) is 22.8 Å². The highest BCUT2D eigenvalue weighted by molar-refractivity contribution is 5.06. The van der Waals surface area contributed by atoms with Crippen LogP contribution in [-0.2, 0) is 6.54 Å². The van der Waals surface area contributed by atoms with Gasteiger partial charge in [-0.1, -0.05) is 13.8 Å². The normalized spacial score (nSPS) is 34.6. The number of hydrogen-bond acceptors (Lipinski definition) is 3. The van der Waals surface area contributed by atoms with Gasteiger partial charge in [-0.05, 0) is 56.1 Å². The molecule has 0 radical (unpaired) electrons. The summed E-state index contributed by atoms with van der Waals surface area (Å²) in [6, 6.07) is 4.81. The van der Waals surface area contributed by atoms with Crippen molar-refractivity contribution in [3.8, 4) is 0 Å². The average Bonchev–Trinajstić information content (AvgIpc) is 3.16. The molecular weight excluding hydrogens is 248 g/mol. The molecule has 1 aromatic rings. The van der Waals surface area contributed by atoms with Crippen molar-refractivity contribution in [1.29, 1.82) is 0 Å². The van der Waals surface area contributed by atoms with Crippen LogP contribution in [0, 0.1) is 11.8 Å². The van der Waals surface area contributed by atoms with Crippen molar-refractivity contribution in [3.05, 3.63) is 24.2 Å². The quantitative estimate of drug-likeness (QED) is 0.896. The SMILES string of the molecule is CC1CCC(CN)(N(Cc2ccco2)C2CC2)CC1C. The molecule has 1 aromatic heterocycles. The third kappa shape index (κ3) is 2.66. The highest BCUT2D eigenvalue weighted by atomic mass is 16.3. The fraction of sp³-hybridized carbons (Fsp3) is 0.765. The second-order valence-electron chi connectivity index (χ2n) is 7.06. The Morgan fingerprint density at radius 1 is 1.30 bits per heavy atom. The van der Waals surface area contributed by atoms with E-state index in [1.165, 1.54) is 32.1 Å². The van der Waals surface area contributed by atoms with Crippen LogP contribution in [0.1, 0.15) is 51.7 Å². The van der Waals surface area contributed by atoms with Gasteiger partial charge in [-0.3, -0.25) is 4.90 Å². The van der Waals surface area contributed by atoms with Crippen molar-refractivity contribution in [2.75, 3.05) is 6.54 Å². The monoisotopic (exact) mass is 276 g/mol. The van der Waals surface area contributed by atoms with Gasteiger partial charge in [-0.25, -0.2) is 0 Å². The van der Waals surface area contributed by atoms with Crippen LogP contribution in [0.3, 0.4) is 0 Å². The summed E-state index contributed by atoms with van der Waals surface area (Å²) in [4.78, 5) is 2.67. The molecule has 2 N–H and O–H groups in total. The fourth-order valence-electron chi connectivity index (χ4n) is 3.89. The topological polar surface area (TPSA) is 42.4 Å². The zero-order chi connectivity index (χ0) is 14.2. The van der Waals surface area contributed by atoms with Gasteiger partial charge in [0.2, 0.25) is 0 Å². The standard InChI is InChI=1S/C17H28N2O/c1-13-7-8-17(12-18,10-14(13)2)19(15-5-6-15)11-16-4-3-9-20-16/h3-4,9,13-15H,5-8,10-12,18H2,1-2H3. The number of hydrogen-bond donors (Lipinski definition) is 1. The molecule has 2 aliphatic carbocycles. The minimum absolute atomic E-state index is 0.194. The van der Waals surface area contributed by atoms with E-state index in [-0.39, 0.29) is 5.54 Å². The first-order chi connectivity index (χ1) is 9.64. The van der Waals surface area contributed by atoms with Crippen molar-refractivity contribution >= 4 is 0 Å². The summed E-state index contributed by atoms with van der Waals surface area (Å²) in [7, 11) is 0. The van der Waals surface area contributed by atoms with E-state index in [1.54, 1.807) is 6.26 Å². The van der Waals surface area contributed by atoms with Crippen LogP contribution >= 0.6 is 0 Å². The maximum absolute atomic E-state index is 6.27. The molecule has 0 aromatic carbocycles. The molecule has 0 spiro atoms. The molecule has 112 valence electrons. The van der Waals surface area contributed by atoms with Crippen LogP contribution in [0.25, 0.3) is 0 Å². The molecule has 3 heteroatoms. The number of nitrogens with two attached hydrogens (primary N) is 1. The molecule has 2 aliphatic rings. The summed E-state index contributed by atoms with van der Waals surface area (Å²) >= 11 is 0. The van der Waals surface area contributed by atoms with Crippen molar-refractivity contribution in [2.45, 2.75) is 64.1 Å². The van der Waals surface area contributed by atoms with Gasteiger partial charge in [0.15, 0.2) is 0 Å². The summed E-state index contributed by atoms with van der Waals surface area (Å²) in [5.41, 5.74) is 6.46. The molecule has 3 rings (SSSR count). The van der Waals surface area contributed by atoms with E-state index in [2.05, 4.69) is 24.8 Å². The van der Waals surface area contributed by atoms with E-state index in [4.69, 9.17) is 10.2 Å². The fourth-order valence-corrected chi connectivity index (χ4v) is 3.89. The molecular formula is C17H28N2O. The second-order valence-corrected chi connectivity index (χ2v) is 7.06. The minimum Gasteiger partial charge on any atom is -0.468 e. The summed E-state index contributed by atoms with van der Waals surface area (Å²) < 4.78 is 5.59. The largest absolute Gasteiger partial charge is 0.468 e. The molecule has 2 fully saturated rings. The third-order valence-electron chi connectivity index (χ3n) is 5.62. The summed E-state index contributed by atoms with van der Waals surface area (Å²) in [6.45, 7) is 6.49. The van der Waals surface area contributed by atoms with E-state index in [0.717, 1.165) is 36.7 Å². The van der Waals surface area contributed by atoms with Crippen molar-refractivity contribution < 1.29 is 4.42 Å². The van der Waals surface area contributed by atoms with Crippen LogP contribution < -0.4 is 5.73 Å². The highest BCUT2D eigenvalue weighted by Gasteiger charge is 2.46.